The summed E-state index contributed by atoms with van der Waals surface area (Å²) in [5.41, 5.74) is 0. The van der Waals surface area contributed by atoms with E-state index in [4.69, 9.17) is 18.6 Å². The fraction of sp³-hybridized carbons (Fsp3) is 1.00. The van der Waals surface area contributed by atoms with Crippen LogP contribution in [0, 0.1) is 10.2 Å². The molecule has 0 aliphatic carbocycles. The van der Waals surface area contributed by atoms with Crippen molar-refractivity contribution in [3.63, 3.8) is 0 Å². The number of quaternary nitrogens is 2. The Labute approximate surface area is 158 Å². The van der Waals surface area contributed by atoms with E-state index in [1.807, 2.05) is 0 Å². The lowest BCUT2D eigenvalue weighted by atomic mass is 10.3. The number of hydrogen-bond donors (Lipinski definition) is 0. The fourth-order valence-corrected chi connectivity index (χ4v) is 2.68. The Kier molecular flexibility index (Phi) is 22.4. The van der Waals surface area contributed by atoms with Gasteiger partial charge in [-0.1, -0.05) is 0 Å². The van der Waals surface area contributed by atoms with Crippen LogP contribution in [0.3, 0.4) is 0 Å². The van der Waals surface area contributed by atoms with E-state index < -0.39 is 10.2 Å². The Morgan fingerprint density at radius 3 is 0.542 bits per heavy atom. The second-order valence-electron chi connectivity index (χ2n) is 5.59. The van der Waals surface area contributed by atoms with Gasteiger partial charge in [0.2, 0.25) is 0 Å². The van der Waals surface area contributed by atoms with E-state index in [9.17, 15) is 0 Å². The maximum absolute atomic E-state index is 8.49. The SMILES string of the molecule is CC[N+](CC)(CC)CC.CC[N+](CC)(CC)CC.[Cl-].[O-][Cl+3]([O-])([O-])[O-]. The fourth-order valence-electron chi connectivity index (χ4n) is 2.68. The molecule has 0 fully saturated rings. The van der Waals surface area contributed by atoms with Gasteiger partial charge in [-0.3, -0.25) is 0 Å². The third kappa shape index (κ3) is 17.2. The molecular formula is C16H40Cl2N2O4. The molecule has 0 unspecified atom stereocenters. The molecule has 0 radical (unpaired) electrons. The summed E-state index contributed by atoms with van der Waals surface area (Å²) < 4.78 is 36.5. The van der Waals surface area contributed by atoms with E-state index in [-0.39, 0.29) is 12.4 Å². The molecule has 0 N–H and O–H groups in total. The molecule has 24 heavy (non-hydrogen) atoms. The van der Waals surface area contributed by atoms with Crippen LogP contribution >= 0.6 is 0 Å². The highest BCUT2D eigenvalue weighted by molar-refractivity contribution is 4.31. The maximum Gasteiger partial charge on any atom is 0.0757 e. The second-order valence-corrected chi connectivity index (χ2v) is 6.35. The van der Waals surface area contributed by atoms with E-state index in [1.54, 1.807) is 0 Å². The Bertz CT molecular complexity index is 196. The lowest BCUT2D eigenvalue weighted by Crippen LogP contribution is -3.00. The van der Waals surface area contributed by atoms with Gasteiger partial charge in [0, 0.05) is 0 Å². The van der Waals surface area contributed by atoms with Crippen molar-refractivity contribution >= 4 is 0 Å². The number of hydrogen-bond acceptors (Lipinski definition) is 4. The van der Waals surface area contributed by atoms with Crippen molar-refractivity contribution in [3.05, 3.63) is 0 Å². The molecule has 0 aromatic carbocycles. The summed E-state index contributed by atoms with van der Waals surface area (Å²) in [7, 11) is -4.94. The minimum absolute atomic E-state index is 0. The van der Waals surface area contributed by atoms with E-state index in [0.29, 0.717) is 0 Å². The molecule has 0 spiro atoms. The molecule has 0 aliphatic rings. The molecule has 0 aromatic rings. The molecule has 0 rings (SSSR count). The zero-order chi connectivity index (χ0) is 19.2. The maximum atomic E-state index is 8.49. The van der Waals surface area contributed by atoms with Crippen molar-refractivity contribution in [3.8, 4) is 0 Å². The van der Waals surface area contributed by atoms with Crippen molar-refractivity contribution in [1.29, 1.82) is 0 Å². The average molecular weight is 395 g/mol. The molecule has 0 saturated carbocycles. The summed E-state index contributed by atoms with van der Waals surface area (Å²) in [6, 6.07) is 0. The van der Waals surface area contributed by atoms with Gasteiger partial charge in [0.1, 0.15) is 0 Å². The smallest absolute Gasteiger partial charge is 0.0757 e. The molecule has 0 heterocycles. The monoisotopic (exact) mass is 394 g/mol. The predicted molar refractivity (Wildman–Crippen MR) is 84.8 cm³/mol. The van der Waals surface area contributed by atoms with Gasteiger partial charge in [-0.2, -0.15) is 0 Å². The highest BCUT2D eigenvalue weighted by Gasteiger charge is 2.16. The standard InChI is InChI=1S/2C8H20N.ClHO4.ClH/c2*1-5-9(6-2,7-3)8-4;2-1(3,4)5;/h2*5-8H2,1-4H3;(H,2,3,4,5);1H/q2*+1;;/p-2. The molecule has 0 atom stereocenters. The van der Waals surface area contributed by atoms with Crippen LogP contribution in [0.15, 0.2) is 0 Å². The minimum atomic E-state index is -4.94. The zero-order valence-electron chi connectivity index (χ0n) is 16.9. The molecule has 152 valence electrons. The third-order valence-corrected chi connectivity index (χ3v) is 5.37. The summed E-state index contributed by atoms with van der Waals surface area (Å²) in [5, 5.41) is 0. The topological polar surface area (TPSA) is 92.2 Å². The van der Waals surface area contributed by atoms with Crippen LogP contribution in [0.4, 0.5) is 0 Å². The summed E-state index contributed by atoms with van der Waals surface area (Å²) in [6.45, 7) is 28.4. The first-order chi connectivity index (χ1) is 10.5. The highest BCUT2D eigenvalue weighted by atomic mass is 35.7. The molecule has 8 heteroatoms. The van der Waals surface area contributed by atoms with Gasteiger partial charge in [-0.05, 0) is 55.4 Å². The molecular weight excluding hydrogens is 355 g/mol. The van der Waals surface area contributed by atoms with Crippen molar-refractivity contribution in [2.75, 3.05) is 52.4 Å². The van der Waals surface area contributed by atoms with E-state index >= 15 is 0 Å². The Morgan fingerprint density at radius 2 is 0.542 bits per heavy atom. The van der Waals surface area contributed by atoms with Crippen LogP contribution in [0.25, 0.3) is 0 Å². The summed E-state index contributed by atoms with van der Waals surface area (Å²) >= 11 is 0. The van der Waals surface area contributed by atoms with Crippen LogP contribution in [-0.4, -0.2) is 61.3 Å². The van der Waals surface area contributed by atoms with Crippen LogP contribution < -0.4 is 31.0 Å². The minimum Gasteiger partial charge on any atom is -1.00 e. The summed E-state index contributed by atoms with van der Waals surface area (Å²) in [4.78, 5) is 0. The quantitative estimate of drug-likeness (QED) is 0.392. The molecule has 0 saturated heterocycles. The van der Waals surface area contributed by atoms with E-state index in [1.165, 1.54) is 61.3 Å². The summed E-state index contributed by atoms with van der Waals surface area (Å²) in [5.74, 6) is 0. The molecule has 0 aromatic heterocycles. The van der Waals surface area contributed by atoms with E-state index in [2.05, 4.69) is 55.4 Å². The number of nitrogens with zero attached hydrogens (tertiary/aromatic N) is 2. The molecule has 0 amide bonds. The molecule has 0 bridgehead atoms. The second kappa shape index (κ2) is 16.8. The Balaban J connectivity index is -0.000000128. The number of halogens is 2. The number of rotatable bonds is 8. The van der Waals surface area contributed by atoms with Gasteiger partial charge < -0.3 is 21.4 Å². The zero-order valence-corrected chi connectivity index (χ0v) is 18.5. The average Bonchev–Trinajstić information content (AvgIpc) is 2.52. The van der Waals surface area contributed by atoms with Crippen molar-refractivity contribution in [2.45, 2.75) is 55.4 Å². The van der Waals surface area contributed by atoms with Crippen LogP contribution in [0.5, 0.6) is 0 Å². The van der Waals surface area contributed by atoms with Crippen molar-refractivity contribution in [1.82, 2.24) is 0 Å². The lowest BCUT2D eigenvalue weighted by Gasteiger charge is -2.34. The van der Waals surface area contributed by atoms with Crippen molar-refractivity contribution < 1.29 is 50.3 Å². The van der Waals surface area contributed by atoms with Gasteiger partial charge in [0.15, 0.2) is 0 Å². The first kappa shape index (κ1) is 32.0. The summed E-state index contributed by atoms with van der Waals surface area (Å²) in [6.07, 6.45) is 0. The highest BCUT2D eigenvalue weighted by Crippen LogP contribution is 2.03. The molecule has 6 nitrogen and oxygen atoms in total. The largest absolute Gasteiger partial charge is 1.00 e. The van der Waals surface area contributed by atoms with Crippen LogP contribution in [0.1, 0.15) is 55.4 Å². The first-order valence-corrected chi connectivity index (χ1v) is 10.0. The van der Waals surface area contributed by atoms with Gasteiger partial charge in [-0.25, -0.2) is 18.6 Å². The molecule has 0 aliphatic heterocycles. The Hall–Kier alpha value is 0.340. The lowest BCUT2D eigenvalue weighted by molar-refractivity contribution is -2.00. The van der Waals surface area contributed by atoms with Gasteiger partial charge in [0.25, 0.3) is 0 Å². The predicted octanol–water partition coefficient (Wildman–Crippen LogP) is -3.99. The van der Waals surface area contributed by atoms with Gasteiger partial charge >= 0.3 is 0 Å². The Morgan fingerprint density at radius 1 is 0.458 bits per heavy atom. The van der Waals surface area contributed by atoms with Crippen LogP contribution in [-0.2, 0) is 0 Å². The van der Waals surface area contributed by atoms with Crippen molar-refractivity contribution in [2.24, 2.45) is 0 Å². The van der Waals surface area contributed by atoms with Gasteiger partial charge in [-0.15, -0.1) is 10.2 Å². The normalized spacial score (nSPS) is 11.5. The van der Waals surface area contributed by atoms with Gasteiger partial charge in [0.05, 0.1) is 52.4 Å². The first-order valence-electron chi connectivity index (χ1n) is 8.80. The van der Waals surface area contributed by atoms with E-state index in [0.717, 1.165) is 0 Å². The van der Waals surface area contributed by atoms with Crippen LogP contribution in [0.2, 0.25) is 0 Å². The third-order valence-electron chi connectivity index (χ3n) is 5.37.